The number of rotatable bonds is 6. The van der Waals surface area contributed by atoms with Crippen LogP contribution in [0.5, 0.6) is 11.5 Å². The molecule has 1 N–H and O–H groups in total. The van der Waals surface area contributed by atoms with Crippen LogP contribution in [-0.4, -0.2) is 13.7 Å². The molecule has 0 radical (unpaired) electrons. The average molecular weight is 281 g/mol. The van der Waals surface area contributed by atoms with E-state index in [4.69, 9.17) is 15.9 Å². The molecular weight excluding hydrogens is 262 g/mol. The van der Waals surface area contributed by atoms with E-state index in [-0.39, 0.29) is 0 Å². The molecule has 0 aliphatic carbocycles. The maximum absolute atomic E-state index is 5.58. The Hall–Kier alpha value is -2.60. The molecule has 0 aromatic heterocycles. The number of ether oxygens (including phenoxy) is 2. The highest BCUT2D eigenvalue weighted by Crippen LogP contribution is 2.28. The van der Waals surface area contributed by atoms with Crippen LogP contribution in [0.4, 0.5) is 5.69 Å². The summed E-state index contributed by atoms with van der Waals surface area (Å²) in [4.78, 5) is 0. The van der Waals surface area contributed by atoms with Crippen LogP contribution in [0.1, 0.15) is 18.1 Å². The fraction of sp³-hybridized carbons (Fsp3) is 0.222. The van der Waals surface area contributed by atoms with Gasteiger partial charge in [-0.1, -0.05) is 18.1 Å². The number of nitrogens with one attached hydrogen (secondary N) is 1. The lowest BCUT2D eigenvalue weighted by Gasteiger charge is -2.12. The van der Waals surface area contributed by atoms with Crippen LogP contribution in [0.2, 0.25) is 0 Å². The minimum Gasteiger partial charge on any atom is -0.493 e. The monoisotopic (exact) mass is 281 g/mol. The van der Waals surface area contributed by atoms with Gasteiger partial charge in [0, 0.05) is 17.8 Å². The van der Waals surface area contributed by atoms with Crippen molar-refractivity contribution in [3.8, 4) is 23.8 Å². The summed E-state index contributed by atoms with van der Waals surface area (Å²) < 4.78 is 10.9. The van der Waals surface area contributed by atoms with Gasteiger partial charge in [0.15, 0.2) is 11.5 Å². The standard InChI is InChI=1S/C18H19NO2/c1-4-14-7-6-8-16(11-14)19-13-15-9-10-17(20-3)18(12-15)21-5-2/h1,6-12,19H,5,13H2,2-3H3. The Morgan fingerprint density at radius 3 is 2.71 bits per heavy atom. The van der Waals surface area contributed by atoms with Gasteiger partial charge in [0.1, 0.15) is 0 Å². The van der Waals surface area contributed by atoms with Gasteiger partial charge in [-0.15, -0.1) is 6.42 Å². The largest absolute Gasteiger partial charge is 0.493 e. The summed E-state index contributed by atoms with van der Waals surface area (Å²) in [5.41, 5.74) is 2.98. The molecule has 0 amide bonds. The second kappa shape index (κ2) is 7.25. The molecule has 3 heteroatoms. The molecule has 2 aromatic carbocycles. The number of benzene rings is 2. The maximum atomic E-state index is 5.58. The second-order valence-electron chi connectivity index (χ2n) is 4.50. The maximum Gasteiger partial charge on any atom is 0.161 e. The van der Waals surface area contributed by atoms with Crippen molar-refractivity contribution in [2.75, 3.05) is 19.0 Å². The van der Waals surface area contributed by atoms with Crippen molar-refractivity contribution < 1.29 is 9.47 Å². The zero-order valence-electron chi connectivity index (χ0n) is 12.3. The summed E-state index contributed by atoms with van der Waals surface area (Å²) in [5, 5.41) is 3.35. The lowest BCUT2D eigenvalue weighted by Crippen LogP contribution is -2.01. The average Bonchev–Trinajstić information content (AvgIpc) is 2.53. The van der Waals surface area contributed by atoms with Gasteiger partial charge in [0.25, 0.3) is 0 Å². The van der Waals surface area contributed by atoms with Crippen molar-refractivity contribution >= 4 is 5.69 Å². The molecule has 0 spiro atoms. The van der Waals surface area contributed by atoms with Crippen LogP contribution in [0.15, 0.2) is 42.5 Å². The lowest BCUT2D eigenvalue weighted by molar-refractivity contribution is 0.310. The molecule has 0 heterocycles. The van der Waals surface area contributed by atoms with E-state index in [1.54, 1.807) is 7.11 Å². The Balaban J connectivity index is 2.09. The van der Waals surface area contributed by atoms with E-state index >= 15 is 0 Å². The van der Waals surface area contributed by atoms with Gasteiger partial charge in [-0.3, -0.25) is 0 Å². The molecular formula is C18H19NO2. The third kappa shape index (κ3) is 3.93. The molecule has 0 atom stereocenters. The summed E-state index contributed by atoms with van der Waals surface area (Å²) >= 11 is 0. The molecule has 0 fully saturated rings. The fourth-order valence-electron chi connectivity index (χ4n) is 2.02. The third-order valence-corrected chi connectivity index (χ3v) is 3.05. The quantitative estimate of drug-likeness (QED) is 0.819. The van der Waals surface area contributed by atoms with Crippen LogP contribution >= 0.6 is 0 Å². The number of terminal acetylenes is 1. The number of hydrogen-bond acceptors (Lipinski definition) is 3. The molecule has 0 aliphatic heterocycles. The van der Waals surface area contributed by atoms with E-state index in [0.717, 1.165) is 28.3 Å². The van der Waals surface area contributed by atoms with Crippen molar-refractivity contribution in [3.05, 3.63) is 53.6 Å². The topological polar surface area (TPSA) is 30.5 Å². The Labute approximate surface area is 125 Å². The summed E-state index contributed by atoms with van der Waals surface area (Å²) in [6.45, 7) is 3.26. The summed E-state index contributed by atoms with van der Waals surface area (Å²) in [6, 6.07) is 13.7. The van der Waals surface area contributed by atoms with Gasteiger partial charge in [-0.25, -0.2) is 0 Å². The van der Waals surface area contributed by atoms with Gasteiger partial charge >= 0.3 is 0 Å². The predicted molar refractivity (Wildman–Crippen MR) is 85.9 cm³/mol. The number of anilines is 1. The van der Waals surface area contributed by atoms with Crippen molar-refractivity contribution in [1.29, 1.82) is 0 Å². The number of hydrogen-bond donors (Lipinski definition) is 1. The first-order chi connectivity index (χ1) is 10.3. The van der Waals surface area contributed by atoms with E-state index in [1.165, 1.54) is 0 Å². The van der Waals surface area contributed by atoms with Crippen LogP contribution in [-0.2, 0) is 6.54 Å². The first kappa shape index (κ1) is 14.8. The van der Waals surface area contributed by atoms with Crippen molar-refractivity contribution in [3.63, 3.8) is 0 Å². The van der Waals surface area contributed by atoms with Crippen LogP contribution in [0.25, 0.3) is 0 Å². The van der Waals surface area contributed by atoms with Crippen LogP contribution < -0.4 is 14.8 Å². The molecule has 0 bridgehead atoms. The Morgan fingerprint density at radius 1 is 1.14 bits per heavy atom. The molecule has 0 unspecified atom stereocenters. The molecule has 21 heavy (non-hydrogen) atoms. The smallest absolute Gasteiger partial charge is 0.161 e. The summed E-state index contributed by atoms with van der Waals surface area (Å²) in [7, 11) is 1.64. The third-order valence-electron chi connectivity index (χ3n) is 3.05. The Kier molecular flexibility index (Phi) is 5.11. The zero-order chi connectivity index (χ0) is 15.1. The highest BCUT2D eigenvalue weighted by atomic mass is 16.5. The zero-order valence-corrected chi connectivity index (χ0v) is 12.3. The summed E-state index contributed by atoms with van der Waals surface area (Å²) in [5.74, 6) is 4.14. The lowest BCUT2D eigenvalue weighted by atomic mass is 10.1. The van der Waals surface area contributed by atoms with E-state index < -0.39 is 0 Å². The van der Waals surface area contributed by atoms with Gasteiger partial charge in [-0.05, 0) is 42.8 Å². The Bertz CT molecular complexity index is 644. The van der Waals surface area contributed by atoms with Gasteiger partial charge < -0.3 is 14.8 Å². The predicted octanol–water partition coefficient (Wildman–Crippen LogP) is 3.69. The van der Waals surface area contributed by atoms with Gasteiger partial charge in [-0.2, -0.15) is 0 Å². The van der Waals surface area contributed by atoms with Crippen LogP contribution in [0.3, 0.4) is 0 Å². The molecule has 0 saturated heterocycles. The second-order valence-corrected chi connectivity index (χ2v) is 4.50. The number of methoxy groups -OCH3 is 1. The minimum absolute atomic E-state index is 0.609. The minimum atomic E-state index is 0.609. The van der Waals surface area contributed by atoms with Gasteiger partial charge in [0.05, 0.1) is 13.7 Å². The van der Waals surface area contributed by atoms with Crippen molar-refractivity contribution in [2.45, 2.75) is 13.5 Å². The molecule has 2 aromatic rings. The molecule has 3 nitrogen and oxygen atoms in total. The van der Waals surface area contributed by atoms with Crippen molar-refractivity contribution in [2.24, 2.45) is 0 Å². The highest BCUT2D eigenvalue weighted by Gasteiger charge is 2.05. The normalized spacial score (nSPS) is 9.76. The first-order valence-electron chi connectivity index (χ1n) is 6.87. The molecule has 108 valence electrons. The Morgan fingerprint density at radius 2 is 2.00 bits per heavy atom. The molecule has 0 aliphatic rings. The van der Waals surface area contributed by atoms with E-state index in [9.17, 15) is 0 Å². The van der Waals surface area contributed by atoms with E-state index in [1.807, 2.05) is 49.4 Å². The fourth-order valence-corrected chi connectivity index (χ4v) is 2.02. The highest BCUT2D eigenvalue weighted by molar-refractivity contribution is 5.51. The van der Waals surface area contributed by atoms with Gasteiger partial charge in [0.2, 0.25) is 0 Å². The summed E-state index contributed by atoms with van der Waals surface area (Å²) in [6.07, 6.45) is 5.40. The van der Waals surface area contributed by atoms with Crippen LogP contribution in [0, 0.1) is 12.3 Å². The van der Waals surface area contributed by atoms with Crippen molar-refractivity contribution in [1.82, 2.24) is 0 Å². The van der Waals surface area contributed by atoms with E-state index in [2.05, 4.69) is 11.2 Å². The molecule has 0 saturated carbocycles. The first-order valence-corrected chi connectivity index (χ1v) is 6.87. The molecule has 2 rings (SSSR count). The SMILES string of the molecule is C#Cc1cccc(NCc2ccc(OC)c(OCC)c2)c1. The van der Waals surface area contributed by atoms with E-state index in [0.29, 0.717) is 13.2 Å².